The second-order valence-electron chi connectivity index (χ2n) is 6.69. The van der Waals surface area contributed by atoms with E-state index >= 15 is 0 Å². The van der Waals surface area contributed by atoms with Crippen LogP contribution in [0.1, 0.15) is 28.1 Å². The molecule has 1 amide bonds. The number of non-ortho nitro benzene ring substituents is 1. The molecule has 1 N–H and O–H groups in total. The third-order valence-electron chi connectivity index (χ3n) is 4.68. The molecule has 3 aromatic rings. The maximum absolute atomic E-state index is 12.2. The van der Waals surface area contributed by atoms with Gasteiger partial charge in [-0.3, -0.25) is 19.6 Å². The van der Waals surface area contributed by atoms with Crippen LogP contribution in [-0.4, -0.2) is 20.6 Å². The van der Waals surface area contributed by atoms with Crippen molar-refractivity contribution in [2.45, 2.75) is 26.9 Å². The van der Waals surface area contributed by atoms with Gasteiger partial charge in [-0.25, -0.2) is 0 Å². The maximum Gasteiger partial charge on any atom is 0.269 e. The standard InChI is InChI=1S/C22H22N4O3/c1-16-21(17(2)25(24-16)15-19-6-4-3-5-7-19)14-23-22(27)13-10-18-8-11-20(12-9-18)26(28)29/h3-13H,14-15H2,1-2H3,(H,23,27)/b13-10+. The summed E-state index contributed by atoms with van der Waals surface area (Å²) in [6, 6.07) is 16.1. The van der Waals surface area contributed by atoms with E-state index in [0.717, 1.165) is 17.0 Å². The van der Waals surface area contributed by atoms with Crippen molar-refractivity contribution in [2.24, 2.45) is 0 Å². The fourth-order valence-electron chi connectivity index (χ4n) is 3.01. The second kappa shape index (κ2) is 8.97. The van der Waals surface area contributed by atoms with E-state index in [1.54, 1.807) is 18.2 Å². The van der Waals surface area contributed by atoms with Crippen molar-refractivity contribution in [3.05, 3.63) is 98.9 Å². The highest BCUT2D eigenvalue weighted by Gasteiger charge is 2.12. The summed E-state index contributed by atoms with van der Waals surface area (Å²) >= 11 is 0. The number of aromatic nitrogens is 2. The summed E-state index contributed by atoms with van der Waals surface area (Å²) in [6.07, 6.45) is 3.04. The third kappa shape index (κ3) is 5.16. The van der Waals surface area contributed by atoms with Gasteiger partial charge in [0.05, 0.1) is 17.2 Å². The first-order chi connectivity index (χ1) is 13.9. The largest absolute Gasteiger partial charge is 0.348 e. The minimum absolute atomic E-state index is 0.0186. The summed E-state index contributed by atoms with van der Waals surface area (Å²) in [4.78, 5) is 22.4. The van der Waals surface area contributed by atoms with Gasteiger partial charge in [0.2, 0.25) is 5.91 Å². The Kier molecular flexibility index (Phi) is 6.19. The molecule has 0 saturated carbocycles. The van der Waals surface area contributed by atoms with E-state index in [0.29, 0.717) is 18.7 Å². The smallest absolute Gasteiger partial charge is 0.269 e. The van der Waals surface area contributed by atoms with E-state index in [9.17, 15) is 14.9 Å². The highest BCUT2D eigenvalue weighted by Crippen LogP contribution is 2.15. The van der Waals surface area contributed by atoms with Crippen LogP contribution in [0.3, 0.4) is 0 Å². The molecule has 0 fully saturated rings. The second-order valence-corrected chi connectivity index (χ2v) is 6.69. The van der Waals surface area contributed by atoms with Gasteiger partial charge in [0, 0.05) is 36.0 Å². The SMILES string of the molecule is Cc1nn(Cc2ccccc2)c(C)c1CNC(=O)/C=C/c1ccc([N+](=O)[O-])cc1. The van der Waals surface area contributed by atoms with Crippen LogP contribution in [-0.2, 0) is 17.9 Å². The van der Waals surface area contributed by atoms with Crippen LogP contribution < -0.4 is 5.32 Å². The number of carbonyl (C=O) groups is 1. The molecule has 3 rings (SSSR count). The molecule has 1 heterocycles. The van der Waals surface area contributed by atoms with Gasteiger partial charge in [0.1, 0.15) is 0 Å². The molecule has 148 valence electrons. The molecule has 1 aromatic heterocycles. The number of amides is 1. The normalized spacial score (nSPS) is 11.0. The Morgan fingerprint density at radius 2 is 1.83 bits per heavy atom. The number of nitrogens with one attached hydrogen (secondary N) is 1. The van der Waals surface area contributed by atoms with Crippen LogP contribution in [0.4, 0.5) is 5.69 Å². The Morgan fingerprint density at radius 3 is 2.48 bits per heavy atom. The molecule has 0 aliphatic carbocycles. The number of aryl methyl sites for hydroxylation is 1. The highest BCUT2D eigenvalue weighted by molar-refractivity contribution is 5.91. The van der Waals surface area contributed by atoms with Gasteiger partial charge in [-0.2, -0.15) is 5.10 Å². The molecule has 0 bridgehead atoms. The summed E-state index contributed by atoms with van der Waals surface area (Å²) in [5.41, 5.74) is 4.81. The van der Waals surface area contributed by atoms with Gasteiger partial charge < -0.3 is 5.32 Å². The van der Waals surface area contributed by atoms with Crippen LogP contribution in [0.25, 0.3) is 6.08 Å². The van der Waals surface area contributed by atoms with E-state index < -0.39 is 4.92 Å². The molecule has 2 aromatic carbocycles. The lowest BCUT2D eigenvalue weighted by atomic mass is 10.2. The molecular weight excluding hydrogens is 368 g/mol. The van der Waals surface area contributed by atoms with Crippen molar-refractivity contribution in [3.63, 3.8) is 0 Å². The van der Waals surface area contributed by atoms with Crippen LogP contribution in [0.5, 0.6) is 0 Å². The number of carbonyl (C=O) groups excluding carboxylic acids is 1. The first-order valence-electron chi connectivity index (χ1n) is 9.21. The van der Waals surface area contributed by atoms with Crippen molar-refractivity contribution in [3.8, 4) is 0 Å². The van der Waals surface area contributed by atoms with Gasteiger partial charge in [-0.1, -0.05) is 30.3 Å². The fourth-order valence-corrected chi connectivity index (χ4v) is 3.01. The lowest BCUT2D eigenvalue weighted by Gasteiger charge is -2.06. The van der Waals surface area contributed by atoms with Gasteiger partial charge in [-0.15, -0.1) is 0 Å². The first-order valence-corrected chi connectivity index (χ1v) is 9.21. The Hall–Kier alpha value is -3.74. The Morgan fingerprint density at radius 1 is 1.14 bits per heavy atom. The van der Waals surface area contributed by atoms with E-state index in [4.69, 9.17) is 0 Å². The van der Waals surface area contributed by atoms with E-state index in [1.807, 2.05) is 36.7 Å². The van der Waals surface area contributed by atoms with Gasteiger partial charge >= 0.3 is 0 Å². The number of nitro benzene ring substituents is 1. The minimum atomic E-state index is -0.456. The zero-order valence-electron chi connectivity index (χ0n) is 16.3. The molecule has 29 heavy (non-hydrogen) atoms. The average molecular weight is 390 g/mol. The van der Waals surface area contributed by atoms with Gasteiger partial charge in [-0.05, 0) is 43.2 Å². The Bertz CT molecular complexity index is 1040. The summed E-state index contributed by atoms with van der Waals surface area (Å²) in [7, 11) is 0. The van der Waals surface area contributed by atoms with Crippen LogP contribution >= 0.6 is 0 Å². The van der Waals surface area contributed by atoms with Crippen molar-refractivity contribution < 1.29 is 9.72 Å². The van der Waals surface area contributed by atoms with Gasteiger partial charge in [0.15, 0.2) is 0 Å². The average Bonchev–Trinajstić information content (AvgIpc) is 2.98. The zero-order chi connectivity index (χ0) is 20.8. The lowest BCUT2D eigenvalue weighted by molar-refractivity contribution is -0.384. The number of benzene rings is 2. The zero-order valence-corrected chi connectivity index (χ0v) is 16.3. The Balaban J connectivity index is 1.60. The molecule has 0 saturated heterocycles. The first kappa shape index (κ1) is 20.0. The molecule has 0 atom stereocenters. The third-order valence-corrected chi connectivity index (χ3v) is 4.68. The number of hydrogen-bond acceptors (Lipinski definition) is 4. The molecule has 7 heteroatoms. The summed E-state index contributed by atoms with van der Waals surface area (Å²) < 4.78 is 1.94. The topological polar surface area (TPSA) is 90.1 Å². The van der Waals surface area contributed by atoms with E-state index in [2.05, 4.69) is 22.5 Å². The summed E-state index contributed by atoms with van der Waals surface area (Å²) in [5.74, 6) is -0.238. The molecule has 7 nitrogen and oxygen atoms in total. The monoisotopic (exact) mass is 390 g/mol. The van der Waals surface area contributed by atoms with Gasteiger partial charge in [0.25, 0.3) is 5.69 Å². The number of rotatable bonds is 7. The fraction of sp³-hybridized carbons (Fsp3) is 0.182. The predicted octanol–water partition coefficient (Wildman–Crippen LogP) is 3.79. The van der Waals surface area contributed by atoms with Crippen molar-refractivity contribution in [2.75, 3.05) is 0 Å². The van der Waals surface area contributed by atoms with Crippen molar-refractivity contribution in [1.82, 2.24) is 15.1 Å². The molecule has 0 unspecified atom stereocenters. The molecule has 0 aliphatic rings. The predicted molar refractivity (Wildman–Crippen MR) is 111 cm³/mol. The highest BCUT2D eigenvalue weighted by atomic mass is 16.6. The Labute approximate surface area is 168 Å². The molecule has 0 spiro atoms. The molecular formula is C22H22N4O3. The number of nitro groups is 1. The lowest BCUT2D eigenvalue weighted by Crippen LogP contribution is -2.21. The van der Waals surface area contributed by atoms with Crippen molar-refractivity contribution in [1.29, 1.82) is 0 Å². The quantitative estimate of drug-likeness (QED) is 0.378. The number of nitrogens with zero attached hydrogens (tertiary/aromatic N) is 3. The van der Waals surface area contributed by atoms with Crippen LogP contribution in [0, 0.1) is 24.0 Å². The summed E-state index contributed by atoms with van der Waals surface area (Å²) in [5, 5.41) is 18.1. The van der Waals surface area contributed by atoms with Crippen LogP contribution in [0.2, 0.25) is 0 Å². The molecule has 0 radical (unpaired) electrons. The van der Waals surface area contributed by atoms with Crippen LogP contribution in [0.15, 0.2) is 60.7 Å². The maximum atomic E-state index is 12.2. The minimum Gasteiger partial charge on any atom is -0.348 e. The van der Waals surface area contributed by atoms with E-state index in [-0.39, 0.29) is 11.6 Å². The summed E-state index contributed by atoms with van der Waals surface area (Å²) in [6.45, 7) is 5.00. The number of hydrogen-bond donors (Lipinski definition) is 1. The van der Waals surface area contributed by atoms with E-state index in [1.165, 1.54) is 23.8 Å². The van der Waals surface area contributed by atoms with Crippen molar-refractivity contribution >= 4 is 17.7 Å². The molecule has 0 aliphatic heterocycles.